The molecule has 0 aliphatic rings. The highest BCUT2D eigenvalue weighted by atomic mass is 32.2. The lowest BCUT2D eigenvalue weighted by Gasteiger charge is -2.10. The second kappa shape index (κ2) is 7.61. The zero-order valence-corrected chi connectivity index (χ0v) is 17.5. The highest BCUT2D eigenvalue weighted by Gasteiger charge is 2.17. The topological polar surface area (TPSA) is 65.1 Å². The quantitative estimate of drug-likeness (QED) is 0.370. The van der Waals surface area contributed by atoms with Crippen LogP contribution in [0.25, 0.3) is 26.9 Å². The van der Waals surface area contributed by atoms with Crippen LogP contribution in [0.4, 0.5) is 0 Å². The molecule has 0 spiro atoms. The Morgan fingerprint density at radius 3 is 2.76 bits per heavy atom. The third-order valence-electron chi connectivity index (χ3n) is 4.88. The van der Waals surface area contributed by atoms with Gasteiger partial charge in [0, 0.05) is 6.54 Å². The first kappa shape index (κ1) is 18.3. The maximum atomic E-state index is 13.0. The molecule has 5 rings (SSSR count). The van der Waals surface area contributed by atoms with Crippen LogP contribution in [0.1, 0.15) is 24.8 Å². The Balaban J connectivity index is 1.59. The van der Waals surface area contributed by atoms with Crippen LogP contribution in [0.2, 0.25) is 0 Å². The summed E-state index contributed by atoms with van der Waals surface area (Å²) in [6.45, 7) is 2.76. The molecular formula is C21H19N5OS2. The first-order valence-corrected chi connectivity index (χ1v) is 11.4. The van der Waals surface area contributed by atoms with Crippen LogP contribution in [0.3, 0.4) is 0 Å². The summed E-state index contributed by atoms with van der Waals surface area (Å²) in [5.41, 5.74) is 1.87. The summed E-state index contributed by atoms with van der Waals surface area (Å²) in [6, 6.07) is 15.8. The molecule has 0 bridgehead atoms. The lowest BCUT2D eigenvalue weighted by Crippen LogP contribution is -2.23. The van der Waals surface area contributed by atoms with E-state index in [1.165, 1.54) is 4.70 Å². The monoisotopic (exact) mass is 421 g/mol. The highest BCUT2D eigenvalue weighted by Crippen LogP contribution is 2.29. The number of thioether (sulfide) groups is 1. The van der Waals surface area contributed by atoms with Crippen molar-refractivity contribution in [3.05, 3.63) is 63.9 Å². The molecule has 0 aliphatic heterocycles. The molecule has 0 N–H and O–H groups in total. The van der Waals surface area contributed by atoms with Crippen molar-refractivity contribution in [2.75, 3.05) is 0 Å². The zero-order chi connectivity index (χ0) is 19.8. The van der Waals surface area contributed by atoms with Crippen LogP contribution in [0.15, 0.2) is 58.5 Å². The number of rotatable bonds is 6. The average Bonchev–Trinajstić information content (AvgIpc) is 3.36. The normalized spacial score (nSPS) is 11.8. The van der Waals surface area contributed by atoms with Crippen LogP contribution in [-0.2, 0) is 12.3 Å². The number of para-hydroxylation sites is 2. The molecule has 0 aliphatic carbocycles. The van der Waals surface area contributed by atoms with Gasteiger partial charge in [-0.15, -0.1) is 21.5 Å². The number of nitrogens with zero attached hydrogens (tertiary/aromatic N) is 5. The van der Waals surface area contributed by atoms with Crippen molar-refractivity contribution in [1.29, 1.82) is 0 Å². The fourth-order valence-corrected chi connectivity index (χ4v) is 5.35. The highest BCUT2D eigenvalue weighted by molar-refractivity contribution is 7.98. The number of benzene rings is 2. The molecule has 0 saturated heterocycles. The molecule has 2 aromatic carbocycles. The summed E-state index contributed by atoms with van der Waals surface area (Å²) in [5, 5.41) is 11.3. The van der Waals surface area contributed by atoms with Gasteiger partial charge in [-0.3, -0.25) is 13.8 Å². The molecular weight excluding hydrogens is 402 g/mol. The van der Waals surface area contributed by atoms with Gasteiger partial charge in [0.05, 0.1) is 26.9 Å². The van der Waals surface area contributed by atoms with Gasteiger partial charge in [-0.2, -0.15) is 0 Å². The largest absolute Gasteiger partial charge is 0.276 e. The van der Waals surface area contributed by atoms with Gasteiger partial charge in [0.25, 0.3) is 5.56 Å². The van der Waals surface area contributed by atoms with Crippen molar-refractivity contribution in [1.82, 2.24) is 24.1 Å². The van der Waals surface area contributed by atoms with Crippen LogP contribution in [0, 0.1) is 0 Å². The average molecular weight is 422 g/mol. The summed E-state index contributed by atoms with van der Waals surface area (Å²) >= 11 is 3.30. The third-order valence-corrected chi connectivity index (χ3v) is 7.04. The van der Waals surface area contributed by atoms with E-state index in [1.54, 1.807) is 27.7 Å². The predicted octanol–water partition coefficient (Wildman–Crippen LogP) is 4.75. The lowest BCUT2D eigenvalue weighted by atomic mass is 10.2. The molecule has 0 atom stereocenters. The molecule has 0 fully saturated rings. The van der Waals surface area contributed by atoms with Crippen LogP contribution < -0.4 is 5.56 Å². The molecule has 29 heavy (non-hydrogen) atoms. The minimum Gasteiger partial charge on any atom is -0.276 e. The van der Waals surface area contributed by atoms with Gasteiger partial charge in [-0.1, -0.05) is 49.4 Å². The lowest BCUT2D eigenvalue weighted by molar-refractivity contribution is 0.620. The van der Waals surface area contributed by atoms with E-state index in [4.69, 9.17) is 4.98 Å². The van der Waals surface area contributed by atoms with E-state index in [-0.39, 0.29) is 5.56 Å². The SMILES string of the molecule is CCCCn1c(=O)c2ccccc2n2c(SCc3nc4ccccc4s3)nnc12. The number of aromatic nitrogens is 5. The van der Waals surface area contributed by atoms with E-state index in [1.807, 2.05) is 46.9 Å². The molecule has 146 valence electrons. The minimum absolute atomic E-state index is 0.00308. The summed E-state index contributed by atoms with van der Waals surface area (Å²) in [7, 11) is 0. The van der Waals surface area contributed by atoms with Crippen LogP contribution >= 0.6 is 23.1 Å². The van der Waals surface area contributed by atoms with E-state index in [9.17, 15) is 4.79 Å². The number of thiazole rings is 1. The second-order valence-electron chi connectivity index (χ2n) is 6.81. The molecule has 0 amide bonds. The predicted molar refractivity (Wildman–Crippen MR) is 119 cm³/mol. The Morgan fingerprint density at radius 2 is 1.90 bits per heavy atom. The van der Waals surface area contributed by atoms with Crippen molar-refractivity contribution in [2.24, 2.45) is 0 Å². The van der Waals surface area contributed by atoms with Gasteiger partial charge in [-0.25, -0.2) is 4.98 Å². The molecule has 3 heterocycles. The molecule has 5 aromatic rings. The minimum atomic E-state index is -0.00308. The Kier molecular flexibility index (Phi) is 4.81. The van der Waals surface area contributed by atoms with E-state index in [0.717, 1.165) is 34.0 Å². The Hall–Kier alpha value is -2.71. The molecule has 0 radical (unpaired) electrons. The zero-order valence-electron chi connectivity index (χ0n) is 15.9. The van der Waals surface area contributed by atoms with Crippen LogP contribution in [0.5, 0.6) is 0 Å². The second-order valence-corrected chi connectivity index (χ2v) is 8.87. The van der Waals surface area contributed by atoms with Gasteiger partial charge >= 0.3 is 0 Å². The standard InChI is InChI=1S/C21H19N5OS2/c1-2-3-12-25-19(27)14-8-4-6-10-16(14)26-20(25)23-24-21(26)28-13-18-22-15-9-5-7-11-17(15)29-18/h4-11H,2-3,12-13H2,1H3. The van der Waals surface area contributed by atoms with Crippen molar-refractivity contribution in [3.8, 4) is 0 Å². The van der Waals surface area contributed by atoms with Crippen molar-refractivity contribution < 1.29 is 0 Å². The fourth-order valence-electron chi connectivity index (χ4n) is 3.45. The number of hydrogen-bond acceptors (Lipinski definition) is 6. The number of hydrogen-bond donors (Lipinski definition) is 0. The van der Waals surface area contributed by atoms with E-state index in [2.05, 4.69) is 23.2 Å². The molecule has 3 aromatic heterocycles. The number of fused-ring (bicyclic) bond motifs is 4. The van der Waals surface area contributed by atoms with E-state index in [0.29, 0.717) is 23.5 Å². The first-order valence-electron chi connectivity index (χ1n) is 9.60. The Bertz CT molecular complexity index is 1350. The molecule has 0 saturated carbocycles. The summed E-state index contributed by atoms with van der Waals surface area (Å²) in [5.74, 6) is 1.32. The summed E-state index contributed by atoms with van der Waals surface area (Å²) in [6.07, 6.45) is 1.94. The maximum absolute atomic E-state index is 13.0. The Morgan fingerprint density at radius 1 is 1.07 bits per heavy atom. The molecule has 8 heteroatoms. The number of aryl methyl sites for hydroxylation is 1. The maximum Gasteiger partial charge on any atom is 0.262 e. The Labute approximate surface area is 175 Å². The van der Waals surface area contributed by atoms with Crippen LogP contribution in [-0.4, -0.2) is 24.1 Å². The van der Waals surface area contributed by atoms with Gasteiger partial charge < -0.3 is 0 Å². The van der Waals surface area contributed by atoms with E-state index >= 15 is 0 Å². The number of unbranched alkanes of at least 4 members (excludes halogenated alkanes) is 1. The molecule has 0 unspecified atom stereocenters. The van der Waals surface area contributed by atoms with Crippen molar-refractivity contribution in [3.63, 3.8) is 0 Å². The van der Waals surface area contributed by atoms with Gasteiger partial charge in [-0.05, 0) is 30.7 Å². The third kappa shape index (κ3) is 3.22. The van der Waals surface area contributed by atoms with Gasteiger partial charge in [0.2, 0.25) is 5.78 Å². The summed E-state index contributed by atoms with van der Waals surface area (Å²) in [4.78, 5) is 17.7. The van der Waals surface area contributed by atoms with Crippen molar-refractivity contribution in [2.45, 2.75) is 37.2 Å². The smallest absolute Gasteiger partial charge is 0.262 e. The fraction of sp³-hybridized carbons (Fsp3) is 0.238. The first-order chi connectivity index (χ1) is 14.3. The van der Waals surface area contributed by atoms with Gasteiger partial charge in [0.1, 0.15) is 5.01 Å². The molecule has 6 nitrogen and oxygen atoms in total. The van der Waals surface area contributed by atoms with E-state index < -0.39 is 0 Å². The summed E-state index contributed by atoms with van der Waals surface area (Å²) < 4.78 is 4.94. The van der Waals surface area contributed by atoms with Crippen molar-refractivity contribution >= 4 is 50.0 Å². The van der Waals surface area contributed by atoms with Gasteiger partial charge in [0.15, 0.2) is 5.16 Å².